The largest absolute Gasteiger partial charge is 0.325 e. The molecule has 0 aliphatic carbocycles. The number of fused-ring (bicyclic) bond motifs is 1. The highest BCUT2D eigenvalue weighted by Gasteiger charge is 2.13. The van der Waals surface area contributed by atoms with Gasteiger partial charge < -0.3 is 5.32 Å². The summed E-state index contributed by atoms with van der Waals surface area (Å²) < 4.78 is 1.46. The van der Waals surface area contributed by atoms with Gasteiger partial charge in [-0.3, -0.25) is 4.79 Å². The van der Waals surface area contributed by atoms with Crippen molar-refractivity contribution in [2.45, 2.75) is 0 Å². The Hall–Kier alpha value is -3.25. The van der Waals surface area contributed by atoms with Crippen LogP contribution in [0.3, 0.4) is 0 Å². The average molecular weight is 350 g/mol. The lowest BCUT2D eigenvalue weighted by atomic mass is 10.2. The van der Waals surface area contributed by atoms with Gasteiger partial charge in [-0.15, -0.1) is 0 Å². The van der Waals surface area contributed by atoms with Crippen molar-refractivity contribution in [2.75, 3.05) is 5.32 Å². The molecule has 0 amide bonds. The van der Waals surface area contributed by atoms with Crippen LogP contribution in [0.4, 0.5) is 11.6 Å². The molecule has 4 aromatic rings. The third-order valence-corrected chi connectivity index (χ3v) is 3.92. The summed E-state index contributed by atoms with van der Waals surface area (Å²) in [7, 11) is 0. The fraction of sp³-hybridized carbons (Fsp3) is 0. The second-order valence-corrected chi connectivity index (χ2v) is 5.77. The molecular formula is C18H12ClN5O. The lowest BCUT2D eigenvalue weighted by molar-refractivity contribution is 0.932. The lowest BCUT2D eigenvalue weighted by Crippen LogP contribution is -2.23. The molecule has 122 valence electrons. The maximum absolute atomic E-state index is 13.1. The molecule has 2 heterocycles. The van der Waals surface area contributed by atoms with Crippen molar-refractivity contribution in [3.63, 3.8) is 0 Å². The highest BCUT2D eigenvalue weighted by atomic mass is 35.5. The van der Waals surface area contributed by atoms with Crippen molar-refractivity contribution in [1.82, 2.24) is 19.7 Å². The third-order valence-electron chi connectivity index (χ3n) is 3.69. The van der Waals surface area contributed by atoms with Gasteiger partial charge in [0, 0.05) is 10.7 Å². The van der Waals surface area contributed by atoms with E-state index in [0.29, 0.717) is 27.6 Å². The molecule has 0 radical (unpaired) electrons. The summed E-state index contributed by atoms with van der Waals surface area (Å²) in [5, 5.41) is 11.7. The monoisotopic (exact) mass is 349 g/mol. The van der Waals surface area contributed by atoms with Gasteiger partial charge in [0.05, 0.1) is 29.0 Å². The summed E-state index contributed by atoms with van der Waals surface area (Å²) in [6, 6.07) is 16.3. The van der Waals surface area contributed by atoms with Crippen molar-refractivity contribution in [3.8, 4) is 5.69 Å². The van der Waals surface area contributed by atoms with Gasteiger partial charge in [0.1, 0.15) is 0 Å². The van der Waals surface area contributed by atoms with Crippen LogP contribution in [0.1, 0.15) is 0 Å². The number of halogens is 1. The van der Waals surface area contributed by atoms with Crippen LogP contribution in [0.25, 0.3) is 16.6 Å². The molecule has 0 aliphatic rings. The first-order chi connectivity index (χ1) is 12.2. The Morgan fingerprint density at radius 1 is 1.00 bits per heavy atom. The number of hydrogen-bond donors (Lipinski definition) is 1. The van der Waals surface area contributed by atoms with E-state index >= 15 is 0 Å². The minimum atomic E-state index is -0.237. The summed E-state index contributed by atoms with van der Waals surface area (Å²) in [5.74, 6) is 0.388. The molecule has 7 heteroatoms. The fourth-order valence-corrected chi connectivity index (χ4v) is 2.72. The molecule has 0 bridgehead atoms. The Kier molecular flexibility index (Phi) is 3.87. The van der Waals surface area contributed by atoms with Crippen molar-refractivity contribution in [1.29, 1.82) is 0 Å². The number of nitrogens with one attached hydrogen (secondary N) is 1. The number of rotatable bonds is 3. The van der Waals surface area contributed by atoms with Crippen molar-refractivity contribution in [3.05, 3.63) is 82.4 Å². The van der Waals surface area contributed by atoms with Crippen LogP contribution in [-0.2, 0) is 0 Å². The molecule has 0 unspecified atom stereocenters. The van der Waals surface area contributed by atoms with Crippen LogP contribution in [0.15, 0.2) is 71.8 Å². The van der Waals surface area contributed by atoms with E-state index in [0.717, 1.165) is 5.69 Å². The minimum Gasteiger partial charge on any atom is -0.325 e. The maximum Gasteiger partial charge on any atom is 0.267 e. The molecule has 0 aliphatic heterocycles. The average Bonchev–Trinajstić information content (AvgIpc) is 2.64. The smallest absolute Gasteiger partial charge is 0.267 e. The maximum atomic E-state index is 13.1. The molecule has 25 heavy (non-hydrogen) atoms. The number of anilines is 2. The quantitative estimate of drug-likeness (QED) is 0.612. The molecule has 0 fully saturated rings. The lowest BCUT2D eigenvalue weighted by Gasteiger charge is -2.14. The van der Waals surface area contributed by atoms with Crippen LogP contribution < -0.4 is 10.9 Å². The summed E-state index contributed by atoms with van der Waals surface area (Å²) >= 11 is 6.04. The zero-order valence-corrected chi connectivity index (χ0v) is 13.7. The van der Waals surface area contributed by atoms with Crippen LogP contribution >= 0.6 is 11.6 Å². The Balaban J connectivity index is 1.99. The second-order valence-electron chi connectivity index (χ2n) is 5.33. The van der Waals surface area contributed by atoms with Gasteiger partial charge in [0.15, 0.2) is 0 Å². The van der Waals surface area contributed by atoms with Crippen LogP contribution in [0, 0.1) is 0 Å². The molecular weight excluding hydrogens is 338 g/mol. The molecule has 4 rings (SSSR count). The van der Waals surface area contributed by atoms with Crippen molar-refractivity contribution in [2.24, 2.45) is 0 Å². The normalized spacial score (nSPS) is 10.8. The van der Waals surface area contributed by atoms with E-state index in [-0.39, 0.29) is 5.56 Å². The number of para-hydroxylation sites is 1. The number of hydrogen-bond acceptors (Lipinski definition) is 5. The SMILES string of the molecule is O=c1c2cc(Cl)ccc2nc(Nc2ccccc2)n1-c1ccnnc1. The highest BCUT2D eigenvalue weighted by molar-refractivity contribution is 6.31. The number of benzene rings is 2. The fourth-order valence-electron chi connectivity index (χ4n) is 2.55. The van der Waals surface area contributed by atoms with Gasteiger partial charge in [-0.1, -0.05) is 29.8 Å². The van der Waals surface area contributed by atoms with Gasteiger partial charge in [-0.25, -0.2) is 9.55 Å². The van der Waals surface area contributed by atoms with Gasteiger partial charge >= 0.3 is 0 Å². The predicted molar refractivity (Wildman–Crippen MR) is 97.7 cm³/mol. The van der Waals surface area contributed by atoms with E-state index < -0.39 is 0 Å². The Morgan fingerprint density at radius 3 is 2.60 bits per heavy atom. The molecule has 0 spiro atoms. The van der Waals surface area contributed by atoms with Crippen LogP contribution in [0.2, 0.25) is 5.02 Å². The highest BCUT2D eigenvalue weighted by Crippen LogP contribution is 2.21. The zero-order valence-electron chi connectivity index (χ0n) is 12.9. The van der Waals surface area contributed by atoms with Gasteiger partial charge in [0.25, 0.3) is 5.56 Å². The van der Waals surface area contributed by atoms with E-state index in [1.165, 1.54) is 17.0 Å². The standard InChI is InChI=1S/C18H12ClN5O/c19-12-6-7-16-15(10-12)17(25)24(14-8-9-20-21-11-14)18(23-16)22-13-4-2-1-3-5-13/h1-11H,(H,22,23). The van der Waals surface area contributed by atoms with E-state index in [1.807, 2.05) is 30.3 Å². The second kappa shape index (κ2) is 6.33. The number of nitrogens with zero attached hydrogens (tertiary/aromatic N) is 4. The molecule has 0 atom stereocenters. The Morgan fingerprint density at radius 2 is 1.84 bits per heavy atom. The molecule has 6 nitrogen and oxygen atoms in total. The summed E-state index contributed by atoms with van der Waals surface area (Å²) in [6.45, 7) is 0. The number of aromatic nitrogens is 4. The summed E-state index contributed by atoms with van der Waals surface area (Å²) in [4.78, 5) is 17.7. The third kappa shape index (κ3) is 2.95. The first kappa shape index (κ1) is 15.3. The molecule has 2 aromatic carbocycles. The van der Waals surface area contributed by atoms with Crippen molar-refractivity contribution < 1.29 is 0 Å². The molecule has 0 saturated heterocycles. The van der Waals surface area contributed by atoms with Crippen LogP contribution in [-0.4, -0.2) is 19.7 Å². The topological polar surface area (TPSA) is 72.7 Å². The van der Waals surface area contributed by atoms with Gasteiger partial charge in [-0.2, -0.15) is 10.2 Å². The van der Waals surface area contributed by atoms with Crippen molar-refractivity contribution >= 4 is 34.1 Å². The van der Waals surface area contributed by atoms with E-state index in [1.54, 1.807) is 24.3 Å². The van der Waals surface area contributed by atoms with E-state index in [9.17, 15) is 4.79 Å². The summed E-state index contributed by atoms with van der Waals surface area (Å²) in [6.07, 6.45) is 3.03. The van der Waals surface area contributed by atoms with E-state index in [4.69, 9.17) is 11.6 Å². The predicted octanol–water partition coefficient (Wildman–Crippen LogP) is 3.57. The zero-order chi connectivity index (χ0) is 17.2. The first-order valence-electron chi connectivity index (χ1n) is 7.54. The van der Waals surface area contributed by atoms with Gasteiger partial charge in [0.2, 0.25) is 5.95 Å². The Labute approximate surface area is 147 Å². The van der Waals surface area contributed by atoms with Gasteiger partial charge in [-0.05, 0) is 36.4 Å². The molecule has 1 N–H and O–H groups in total. The summed E-state index contributed by atoms with van der Waals surface area (Å²) in [5.41, 5.74) is 1.70. The molecule has 2 aromatic heterocycles. The first-order valence-corrected chi connectivity index (χ1v) is 7.91. The van der Waals surface area contributed by atoms with Crippen LogP contribution in [0.5, 0.6) is 0 Å². The molecule has 0 saturated carbocycles. The van der Waals surface area contributed by atoms with E-state index in [2.05, 4.69) is 20.5 Å². The minimum absolute atomic E-state index is 0.237. The Bertz CT molecular complexity index is 1100.